The molecule has 1 N–H and O–H groups in total. The molecule has 0 aliphatic heterocycles. The number of carbonyl (C=O) groups is 1. The smallest absolute Gasteiger partial charge is 0.260 e. The summed E-state index contributed by atoms with van der Waals surface area (Å²) in [5.74, 6) is -0.0778. The predicted molar refractivity (Wildman–Crippen MR) is 93.8 cm³/mol. The van der Waals surface area contributed by atoms with E-state index >= 15 is 0 Å². The summed E-state index contributed by atoms with van der Waals surface area (Å²) in [6.07, 6.45) is 4.66. The lowest BCUT2D eigenvalue weighted by atomic mass is 10.2. The maximum Gasteiger partial charge on any atom is 0.260 e. The Kier molecular flexibility index (Phi) is 4.90. The van der Waals surface area contributed by atoms with Gasteiger partial charge >= 0.3 is 0 Å². The zero-order chi connectivity index (χ0) is 18.5. The summed E-state index contributed by atoms with van der Waals surface area (Å²) < 4.78 is 6.51. The molecule has 0 aliphatic carbocycles. The van der Waals surface area contributed by atoms with Gasteiger partial charge in [0, 0.05) is 31.7 Å². The number of carbonyl (C=O) groups excluding carboxylic acids is 1. The molecular weight excluding hydrogens is 334 g/mol. The molecule has 0 saturated carbocycles. The van der Waals surface area contributed by atoms with Crippen LogP contribution >= 0.6 is 0 Å². The number of nitrogens with one attached hydrogen (secondary N) is 1. The first-order chi connectivity index (χ1) is 12.6. The number of hydrogen-bond donors (Lipinski definition) is 1. The molecule has 8 nitrogen and oxygen atoms in total. The van der Waals surface area contributed by atoms with E-state index in [-0.39, 0.29) is 36.0 Å². The van der Waals surface area contributed by atoms with Crippen LogP contribution in [0.2, 0.25) is 0 Å². The van der Waals surface area contributed by atoms with Crippen LogP contribution in [0.3, 0.4) is 0 Å². The average molecular weight is 349 g/mol. The lowest BCUT2D eigenvalue weighted by Gasteiger charge is -2.09. The molecule has 26 heavy (non-hydrogen) atoms. The maximum absolute atomic E-state index is 12.6. The third-order valence-corrected chi connectivity index (χ3v) is 3.80. The van der Waals surface area contributed by atoms with Crippen molar-refractivity contribution < 1.29 is 9.53 Å². The van der Waals surface area contributed by atoms with Gasteiger partial charge in [0.25, 0.3) is 11.5 Å². The minimum atomic E-state index is -0.287. The second-order valence-electron chi connectivity index (χ2n) is 5.40. The summed E-state index contributed by atoms with van der Waals surface area (Å²) in [4.78, 5) is 32.7. The average Bonchev–Trinajstić information content (AvgIpc) is 2.69. The van der Waals surface area contributed by atoms with Crippen molar-refractivity contribution in [1.29, 1.82) is 5.26 Å². The van der Waals surface area contributed by atoms with E-state index in [9.17, 15) is 9.59 Å². The van der Waals surface area contributed by atoms with E-state index in [1.54, 1.807) is 30.6 Å². The fourth-order valence-electron chi connectivity index (χ4n) is 2.49. The SMILES string of the molecule is COc1nc2ccn(CCNC(=O)c3cccnc3)c(=O)c2cc1C#N. The molecule has 130 valence electrons. The largest absolute Gasteiger partial charge is 0.480 e. The number of nitriles is 1. The van der Waals surface area contributed by atoms with E-state index in [0.29, 0.717) is 16.5 Å². The number of rotatable bonds is 5. The van der Waals surface area contributed by atoms with Gasteiger partial charge in [-0.3, -0.25) is 14.6 Å². The zero-order valence-corrected chi connectivity index (χ0v) is 14.0. The number of ether oxygens (including phenoxy) is 1. The number of amides is 1. The molecule has 0 radical (unpaired) electrons. The fraction of sp³-hybridized carbons (Fsp3) is 0.167. The van der Waals surface area contributed by atoms with E-state index < -0.39 is 0 Å². The lowest BCUT2D eigenvalue weighted by Crippen LogP contribution is -2.30. The van der Waals surface area contributed by atoms with Crippen molar-refractivity contribution in [2.45, 2.75) is 6.54 Å². The highest BCUT2D eigenvalue weighted by atomic mass is 16.5. The van der Waals surface area contributed by atoms with Gasteiger partial charge in [-0.1, -0.05) is 0 Å². The summed E-state index contributed by atoms with van der Waals surface area (Å²) in [6.45, 7) is 0.558. The number of aromatic nitrogens is 3. The van der Waals surface area contributed by atoms with Crippen LogP contribution in [0.5, 0.6) is 5.88 Å². The Morgan fingerprint density at radius 3 is 2.96 bits per heavy atom. The quantitative estimate of drug-likeness (QED) is 0.739. The molecule has 0 bridgehead atoms. The highest BCUT2D eigenvalue weighted by Gasteiger charge is 2.11. The Morgan fingerprint density at radius 1 is 1.42 bits per heavy atom. The Balaban J connectivity index is 1.79. The van der Waals surface area contributed by atoms with Crippen molar-refractivity contribution in [2.24, 2.45) is 0 Å². The molecule has 0 atom stereocenters. The topological polar surface area (TPSA) is 110 Å². The molecule has 3 aromatic heterocycles. The molecule has 0 aliphatic rings. The molecule has 8 heteroatoms. The lowest BCUT2D eigenvalue weighted by molar-refractivity contribution is 0.0952. The molecule has 0 aromatic carbocycles. The van der Waals surface area contributed by atoms with E-state index in [1.165, 1.54) is 23.9 Å². The Hall–Kier alpha value is -3.73. The highest BCUT2D eigenvalue weighted by molar-refractivity contribution is 5.93. The number of pyridine rings is 3. The minimum absolute atomic E-state index is 0.181. The maximum atomic E-state index is 12.6. The third kappa shape index (κ3) is 3.37. The van der Waals surface area contributed by atoms with Crippen LogP contribution < -0.4 is 15.6 Å². The fourth-order valence-corrected chi connectivity index (χ4v) is 2.49. The number of hydrogen-bond acceptors (Lipinski definition) is 6. The normalized spacial score (nSPS) is 10.3. The van der Waals surface area contributed by atoms with Gasteiger partial charge in [-0.05, 0) is 24.3 Å². The Labute approximate surface area is 148 Å². The van der Waals surface area contributed by atoms with Crippen molar-refractivity contribution in [3.8, 4) is 11.9 Å². The van der Waals surface area contributed by atoms with Gasteiger partial charge in [0.1, 0.15) is 11.6 Å². The second-order valence-corrected chi connectivity index (χ2v) is 5.40. The second kappa shape index (κ2) is 7.44. The van der Waals surface area contributed by atoms with Crippen molar-refractivity contribution in [3.05, 3.63) is 64.3 Å². The zero-order valence-electron chi connectivity index (χ0n) is 14.0. The predicted octanol–water partition coefficient (Wildman–Crippen LogP) is 1.10. The van der Waals surface area contributed by atoms with E-state index in [2.05, 4.69) is 15.3 Å². The molecule has 0 saturated heterocycles. The monoisotopic (exact) mass is 349 g/mol. The van der Waals surface area contributed by atoms with Crippen molar-refractivity contribution in [1.82, 2.24) is 19.9 Å². The van der Waals surface area contributed by atoms with Crippen molar-refractivity contribution in [3.63, 3.8) is 0 Å². The van der Waals surface area contributed by atoms with Gasteiger partial charge < -0.3 is 14.6 Å². The summed E-state index contributed by atoms with van der Waals surface area (Å²) >= 11 is 0. The van der Waals surface area contributed by atoms with Crippen LogP contribution in [0.4, 0.5) is 0 Å². The first kappa shape index (κ1) is 17.1. The standard InChI is InChI=1S/C18H15N5O3/c1-26-17-13(10-19)9-14-15(22-17)4-7-23(18(14)25)8-6-21-16(24)12-3-2-5-20-11-12/h2-5,7,9,11H,6,8H2,1H3,(H,21,24). The molecule has 0 spiro atoms. The van der Waals surface area contributed by atoms with E-state index in [1.807, 2.05) is 6.07 Å². The molecule has 0 unspecified atom stereocenters. The van der Waals surface area contributed by atoms with Crippen LogP contribution in [-0.2, 0) is 6.54 Å². The molecule has 3 heterocycles. The van der Waals surface area contributed by atoms with Crippen LogP contribution in [0.25, 0.3) is 10.9 Å². The number of fused-ring (bicyclic) bond motifs is 1. The van der Waals surface area contributed by atoms with Crippen LogP contribution in [-0.4, -0.2) is 34.1 Å². The number of nitrogens with zero attached hydrogens (tertiary/aromatic N) is 4. The summed E-state index contributed by atoms with van der Waals surface area (Å²) in [5, 5.41) is 12.2. The number of methoxy groups -OCH3 is 1. The van der Waals surface area contributed by atoms with E-state index in [0.717, 1.165) is 0 Å². The van der Waals surface area contributed by atoms with Crippen LogP contribution in [0, 0.1) is 11.3 Å². The summed E-state index contributed by atoms with van der Waals surface area (Å²) in [5.41, 5.74) is 0.805. The Bertz CT molecular complexity index is 1050. The van der Waals surface area contributed by atoms with Gasteiger partial charge in [-0.25, -0.2) is 4.98 Å². The first-order valence-electron chi connectivity index (χ1n) is 7.80. The molecule has 1 amide bonds. The van der Waals surface area contributed by atoms with Crippen LogP contribution in [0.15, 0.2) is 47.7 Å². The third-order valence-electron chi connectivity index (χ3n) is 3.80. The highest BCUT2D eigenvalue weighted by Crippen LogP contribution is 2.18. The van der Waals surface area contributed by atoms with Crippen molar-refractivity contribution in [2.75, 3.05) is 13.7 Å². The summed E-state index contributed by atoms with van der Waals surface area (Å²) in [7, 11) is 1.42. The molecule has 3 aromatic rings. The van der Waals surface area contributed by atoms with E-state index in [4.69, 9.17) is 10.00 Å². The molecule has 3 rings (SSSR count). The van der Waals surface area contributed by atoms with Gasteiger partial charge in [0.2, 0.25) is 5.88 Å². The molecular formula is C18H15N5O3. The van der Waals surface area contributed by atoms with Crippen molar-refractivity contribution >= 4 is 16.8 Å². The minimum Gasteiger partial charge on any atom is -0.480 e. The van der Waals surface area contributed by atoms with Gasteiger partial charge in [-0.2, -0.15) is 5.26 Å². The van der Waals surface area contributed by atoms with Crippen LogP contribution in [0.1, 0.15) is 15.9 Å². The van der Waals surface area contributed by atoms with Gasteiger partial charge in [-0.15, -0.1) is 0 Å². The van der Waals surface area contributed by atoms with Gasteiger partial charge in [0.15, 0.2) is 0 Å². The molecule has 0 fully saturated rings. The summed E-state index contributed by atoms with van der Waals surface area (Å²) in [6, 6.07) is 8.44. The first-order valence-corrected chi connectivity index (χ1v) is 7.80. The van der Waals surface area contributed by atoms with Gasteiger partial charge in [0.05, 0.1) is 23.6 Å². The Morgan fingerprint density at radius 2 is 2.27 bits per heavy atom.